The van der Waals surface area contributed by atoms with Gasteiger partial charge < -0.3 is 9.84 Å². The van der Waals surface area contributed by atoms with E-state index in [4.69, 9.17) is 4.74 Å². The van der Waals surface area contributed by atoms with Crippen molar-refractivity contribution in [2.45, 2.75) is 0 Å². The highest BCUT2D eigenvalue weighted by atomic mass is 79.9. The highest BCUT2D eigenvalue weighted by Gasteiger charge is 2.14. The SMILES string of the molecule is COc1cccc(/C=N\NC(=O)c2cc(Br)cc(Br)c2O)c1. The van der Waals surface area contributed by atoms with Crippen LogP contribution in [0.3, 0.4) is 0 Å². The zero-order valence-electron chi connectivity index (χ0n) is 11.5. The molecule has 0 aliphatic heterocycles. The largest absolute Gasteiger partial charge is 0.506 e. The Morgan fingerprint density at radius 3 is 2.82 bits per heavy atom. The fourth-order valence-corrected chi connectivity index (χ4v) is 2.91. The van der Waals surface area contributed by atoms with E-state index < -0.39 is 5.91 Å². The summed E-state index contributed by atoms with van der Waals surface area (Å²) in [4.78, 5) is 12.0. The molecule has 1 amide bonds. The number of aromatic hydroxyl groups is 1. The Labute approximate surface area is 144 Å². The van der Waals surface area contributed by atoms with Crippen molar-refractivity contribution in [2.24, 2.45) is 5.10 Å². The molecule has 2 N–H and O–H groups in total. The van der Waals surface area contributed by atoms with Gasteiger partial charge in [0.15, 0.2) is 0 Å². The first-order valence-electron chi connectivity index (χ1n) is 6.16. The highest BCUT2D eigenvalue weighted by Crippen LogP contribution is 2.31. The number of phenols is 1. The fraction of sp³-hybridized carbons (Fsp3) is 0.0667. The molecule has 0 heterocycles. The van der Waals surface area contributed by atoms with Gasteiger partial charge in [-0.05, 0) is 45.8 Å². The number of hydrogen-bond acceptors (Lipinski definition) is 4. The minimum Gasteiger partial charge on any atom is -0.506 e. The lowest BCUT2D eigenvalue weighted by atomic mass is 10.2. The highest BCUT2D eigenvalue weighted by molar-refractivity contribution is 9.11. The van der Waals surface area contributed by atoms with Crippen LogP contribution in [0.5, 0.6) is 11.5 Å². The molecule has 0 radical (unpaired) electrons. The number of benzene rings is 2. The average Bonchev–Trinajstić information content (AvgIpc) is 2.51. The van der Waals surface area contributed by atoms with Gasteiger partial charge in [0.25, 0.3) is 5.91 Å². The third kappa shape index (κ3) is 4.08. The number of halogens is 2. The zero-order valence-corrected chi connectivity index (χ0v) is 14.7. The second-order valence-corrected chi connectivity index (χ2v) is 6.03. The van der Waals surface area contributed by atoms with Gasteiger partial charge in [-0.3, -0.25) is 4.79 Å². The van der Waals surface area contributed by atoms with Crippen molar-refractivity contribution in [3.8, 4) is 11.5 Å². The Balaban J connectivity index is 2.11. The third-order valence-corrected chi connectivity index (χ3v) is 3.81. The van der Waals surface area contributed by atoms with E-state index in [1.54, 1.807) is 19.2 Å². The molecule has 0 saturated heterocycles. The maximum absolute atomic E-state index is 12.0. The first kappa shape index (κ1) is 16.5. The predicted octanol–water partition coefficient (Wildman–Crippen LogP) is 3.69. The van der Waals surface area contributed by atoms with Crippen LogP contribution in [0.1, 0.15) is 15.9 Å². The van der Waals surface area contributed by atoms with Crippen molar-refractivity contribution >= 4 is 44.0 Å². The van der Waals surface area contributed by atoms with Crippen molar-refractivity contribution in [3.05, 3.63) is 56.5 Å². The average molecular weight is 428 g/mol. The number of hydrogen-bond donors (Lipinski definition) is 2. The maximum atomic E-state index is 12.0. The van der Waals surface area contributed by atoms with Crippen LogP contribution in [-0.4, -0.2) is 24.3 Å². The van der Waals surface area contributed by atoms with E-state index in [1.165, 1.54) is 12.3 Å². The van der Waals surface area contributed by atoms with Crippen LogP contribution in [0, 0.1) is 0 Å². The Hall–Kier alpha value is -1.86. The molecule has 0 unspecified atom stereocenters. The molecule has 0 atom stereocenters. The van der Waals surface area contributed by atoms with Gasteiger partial charge in [0.2, 0.25) is 0 Å². The molecule has 0 bridgehead atoms. The van der Waals surface area contributed by atoms with Crippen LogP contribution in [0.15, 0.2) is 50.4 Å². The number of amides is 1. The third-order valence-electron chi connectivity index (χ3n) is 2.75. The van der Waals surface area contributed by atoms with Crippen molar-refractivity contribution < 1.29 is 14.6 Å². The summed E-state index contributed by atoms with van der Waals surface area (Å²) in [5, 5.41) is 13.8. The fourth-order valence-electron chi connectivity index (χ4n) is 1.69. The molecular weight excluding hydrogens is 416 g/mol. The molecule has 0 aliphatic carbocycles. The first-order valence-corrected chi connectivity index (χ1v) is 7.75. The van der Waals surface area contributed by atoms with E-state index in [2.05, 4.69) is 42.4 Å². The van der Waals surface area contributed by atoms with Crippen molar-refractivity contribution in [2.75, 3.05) is 7.11 Å². The molecule has 7 heteroatoms. The van der Waals surface area contributed by atoms with Crippen LogP contribution in [-0.2, 0) is 0 Å². The standard InChI is InChI=1S/C15H12Br2N2O3/c1-22-11-4-2-3-9(5-11)8-18-19-15(21)12-6-10(16)7-13(17)14(12)20/h2-8,20H,1H3,(H,19,21)/b18-8-. The molecule has 0 fully saturated rings. The number of ether oxygens (including phenoxy) is 1. The van der Waals surface area contributed by atoms with Crippen LogP contribution in [0.25, 0.3) is 0 Å². The van der Waals surface area contributed by atoms with E-state index in [1.807, 2.05) is 18.2 Å². The normalized spacial score (nSPS) is 10.7. The number of methoxy groups -OCH3 is 1. The minimum atomic E-state index is -0.515. The van der Waals surface area contributed by atoms with E-state index in [-0.39, 0.29) is 11.3 Å². The Bertz CT molecular complexity index is 733. The summed E-state index contributed by atoms with van der Waals surface area (Å²) in [5.74, 6) is 0.0415. The smallest absolute Gasteiger partial charge is 0.275 e. The number of carbonyl (C=O) groups excluding carboxylic acids is 1. The molecule has 5 nitrogen and oxygen atoms in total. The van der Waals surface area contributed by atoms with Gasteiger partial charge >= 0.3 is 0 Å². The lowest BCUT2D eigenvalue weighted by molar-refractivity contribution is 0.0952. The number of phenolic OH excluding ortho intramolecular Hbond substituents is 1. The van der Waals surface area contributed by atoms with Crippen LogP contribution in [0.4, 0.5) is 0 Å². The van der Waals surface area contributed by atoms with Crippen molar-refractivity contribution in [1.29, 1.82) is 0 Å². The summed E-state index contributed by atoms with van der Waals surface area (Å²) < 4.78 is 6.19. The monoisotopic (exact) mass is 426 g/mol. The maximum Gasteiger partial charge on any atom is 0.275 e. The molecule has 2 rings (SSSR count). The molecule has 0 spiro atoms. The van der Waals surface area contributed by atoms with Gasteiger partial charge in [-0.2, -0.15) is 5.10 Å². The van der Waals surface area contributed by atoms with Gasteiger partial charge in [0.1, 0.15) is 11.5 Å². The predicted molar refractivity (Wildman–Crippen MR) is 91.6 cm³/mol. The number of nitrogens with zero attached hydrogens (tertiary/aromatic N) is 1. The Morgan fingerprint density at radius 1 is 1.32 bits per heavy atom. The second kappa shape index (κ2) is 7.42. The van der Waals surface area contributed by atoms with Gasteiger partial charge in [0.05, 0.1) is 23.4 Å². The van der Waals surface area contributed by atoms with E-state index in [9.17, 15) is 9.90 Å². The second-order valence-electron chi connectivity index (χ2n) is 4.26. The topological polar surface area (TPSA) is 70.9 Å². The first-order chi connectivity index (χ1) is 10.5. The Kier molecular flexibility index (Phi) is 5.57. The van der Waals surface area contributed by atoms with Gasteiger partial charge in [-0.25, -0.2) is 5.43 Å². The van der Waals surface area contributed by atoms with Gasteiger partial charge in [0, 0.05) is 4.47 Å². The molecule has 114 valence electrons. The van der Waals surface area contributed by atoms with Crippen molar-refractivity contribution in [1.82, 2.24) is 5.43 Å². The summed E-state index contributed by atoms with van der Waals surface area (Å²) in [6.07, 6.45) is 1.49. The molecule has 0 aromatic heterocycles. The molecule has 22 heavy (non-hydrogen) atoms. The minimum absolute atomic E-state index is 0.115. The lowest BCUT2D eigenvalue weighted by Crippen LogP contribution is -2.17. The summed E-state index contributed by atoms with van der Waals surface area (Å²) >= 11 is 6.44. The molecule has 0 saturated carbocycles. The zero-order chi connectivity index (χ0) is 16.1. The van der Waals surface area contributed by atoms with Crippen LogP contribution >= 0.6 is 31.9 Å². The van der Waals surface area contributed by atoms with Crippen LogP contribution in [0.2, 0.25) is 0 Å². The Morgan fingerprint density at radius 2 is 2.09 bits per heavy atom. The summed E-state index contributed by atoms with van der Waals surface area (Å²) in [7, 11) is 1.58. The molecular formula is C15H12Br2N2O3. The van der Waals surface area contributed by atoms with Crippen molar-refractivity contribution in [3.63, 3.8) is 0 Å². The summed E-state index contributed by atoms with van der Waals surface area (Å²) in [5.41, 5.74) is 3.26. The molecule has 0 aliphatic rings. The van der Waals surface area contributed by atoms with Crippen LogP contribution < -0.4 is 10.2 Å². The summed E-state index contributed by atoms with van der Waals surface area (Å²) in [6, 6.07) is 10.4. The van der Waals surface area contributed by atoms with Gasteiger partial charge in [-0.15, -0.1) is 0 Å². The number of nitrogens with one attached hydrogen (secondary N) is 1. The van der Waals surface area contributed by atoms with E-state index in [0.29, 0.717) is 14.7 Å². The van der Waals surface area contributed by atoms with E-state index in [0.717, 1.165) is 5.56 Å². The quantitative estimate of drug-likeness (QED) is 0.577. The van der Waals surface area contributed by atoms with Gasteiger partial charge in [-0.1, -0.05) is 28.1 Å². The van der Waals surface area contributed by atoms with E-state index >= 15 is 0 Å². The summed E-state index contributed by atoms with van der Waals surface area (Å²) in [6.45, 7) is 0. The molecule has 2 aromatic rings. The molecule has 2 aromatic carbocycles. The lowest BCUT2D eigenvalue weighted by Gasteiger charge is -2.06. The number of carbonyl (C=O) groups is 1. The number of hydrazone groups is 1. The number of rotatable bonds is 4.